The van der Waals surface area contributed by atoms with Gasteiger partial charge in [0.1, 0.15) is 29.0 Å². The van der Waals surface area contributed by atoms with Gasteiger partial charge in [-0.1, -0.05) is 5.16 Å². The first kappa shape index (κ1) is 10.4. The van der Waals surface area contributed by atoms with Gasteiger partial charge in [-0.25, -0.2) is 9.78 Å². The van der Waals surface area contributed by atoms with Gasteiger partial charge >= 0.3 is 5.97 Å². The number of rotatable bonds is 3. The maximum atomic E-state index is 11.7. The lowest BCUT2D eigenvalue weighted by molar-refractivity contribution is 0.0525. The first-order valence-corrected chi connectivity index (χ1v) is 4.76. The molecule has 0 saturated carbocycles. The molecule has 0 amide bonds. The Labute approximate surface area is 91.2 Å². The molecule has 6 nitrogen and oxygen atoms in total. The molecule has 2 heterocycles. The van der Waals surface area contributed by atoms with E-state index in [1.165, 1.54) is 12.7 Å². The lowest BCUT2D eigenvalue weighted by atomic mass is 10.1. The van der Waals surface area contributed by atoms with E-state index >= 15 is 0 Å². The molecule has 0 spiro atoms. The number of aromatic nitrogens is 2. The van der Waals surface area contributed by atoms with Crippen LogP contribution in [0.2, 0.25) is 0 Å². The SMILES string of the molecule is CCOC(=O)c1c(-c2cocn2)noc1C. The molecule has 0 fully saturated rings. The highest BCUT2D eigenvalue weighted by molar-refractivity contribution is 5.96. The van der Waals surface area contributed by atoms with E-state index in [4.69, 9.17) is 13.7 Å². The van der Waals surface area contributed by atoms with Gasteiger partial charge < -0.3 is 13.7 Å². The Morgan fingerprint density at radius 2 is 2.38 bits per heavy atom. The Balaban J connectivity index is 2.44. The molecule has 0 atom stereocenters. The van der Waals surface area contributed by atoms with E-state index in [0.29, 0.717) is 23.8 Å². The van der Waals surface area contributed by atoms with Crippen molar-refractivity contribution < 1.29 is 18.5 Å². The van der Waals surface area contributed by atoms with Crippen LogP contribution in [0, 0.1) is 6.92 Å². The lowest BCUT2D eigenvalue weighted by Gasteiger charge is -1.99. The zero-order valence-electron chi connectivity index (χ0n) is 8.89. The van der Waals surface area contributed by atoms with Crippen LogP contribution in [0.15, 0.2) is 21.6 Å². The molecule has 0 radical (unpaired) electrons. The molecular weight excluding hydrogens is 212 g/mol. The Kier molecular flexibility index (Phi) is 2.72. The van der Waals surface area contributed by atoms with Gasteiger partial charge in [0.2, 0.25) is 0 Å². The second-order valence-corrected chi connectivity index (χ2v) is 3.06. The predicted octanol–water partition coefficient (Wildman–Crippen LogP) is 1.81. The maximum absolute atomic E-state index is 11.7. The molecule has 2 aromatic rings. The molecule has 0 N–H and O–H groups in total. The van der Waals surface area contributed by atoms with Crippen LogP contribution >= 0.6 is 0 Å². The van der Waals surface area contributed by atoms with Crippen molar-refractivity contribution in [1.82, 2.24) is 10.1 Å². The molecule has 0 aromatic carbocycles. The van der Waals surface area contributed by atoms with Crippen molar-refractivity contribution in [2.75, 3.05) is 6.61 Å². The number of carbonyl (C=O) groups is 1. The van der Waals surface area contributed by atoms with E-state index in [9.17, 15) is 4.79 Å². The standard InChI is InChI=1S/C10H10N2O4/c1-3-15-10(13)8-6(2)16-12-9(8)7-4-14-5-11-7/h4-5H,3H2,1-2H3. The third-order valence-corrected chi connectivity index (χ3v) is 2.02. The smallest absolute Gasteiger partial charge is 0.344 e. The highest BCUT2D eigenvalue weighted by Gasteiger charge is 2.23. The molecule has 0 aliphatic rings. The zero-order chi connectivity index (χ0) is 11.5. The van der Waals surface area contributed by atoms with E-state index in [2.05, 4.69) is 10.1 Å². The van der Waals surface area contributed by atoms with E-state index in [-0.39, 0.29) is 5.56 Å². The summed E-state index contributed by atoms with van der Waals surface area (Å²) in [6.07, 6.45) is 2.65. The summed E-state index contributed by atoms with van der Waals surface area (Å²) in [4.78, 5) is 15.6. The molecule has 2 rings (SSSR count). The van der Waals surface area contributed by atoms with Gasteiger partial charge in [0.25, 0.3) is 0 Å². The van der Waals surface area contributed by atoms with E-state index < -0.39 is 5.97 Å². The summed E-state index contributed by atoms with van der Waals surface area (Å²) in [5.74, 6) is -0.0734. The summed E-state index contributed by atoms with van der Waals surface area (Å²) in [5, 5.41) is 3.76. The van der Waals surface area contributed by atoms with E-state index in [1.807, 2.05) is 0 Å². The lowest BCUT2D eigenvalue weighted by Crippen LogP contribution is -2.06. The zero-order valence-corrected chi connectivity index (χ0v) is 8.89. The normalized spacial score (nSPS) is 10.4. The van der Waals surface area contributed by atoms with Gasteiger partial charge in [0, 0.05) is 0 Å². The average molecular weight is 222 g/mol. The van der Waals surface area contributed by atoms with Crippen molar-refractivity contribution in [2.24, 2.45) is 0 Å². The van der Waals surface area contributed by atoms with Crippen LogP contribution in [0.1, 0.15) is 23.0 Å². The van der Waals surface area contributed by atoms with Gasteiger partial charge in [0.05, 0.1) is 6.61 Å². The van der Waals surface area contributed by atoms with Gasteiger partial charge in [0.15, 0.2) is 6.39 Å². The fourth-order valence-corrected chi connectivity index (χ4v) is 1.32. The van der Waals surface area contributed by atoms with Gasteiger partial charge in [-0.05, 0) is 13.8 Å². The highest BCUT2D eigenvalue weighted by Crippen LogP contribution is 2.24. The Hall–Kier alpha value is -2.11. The Morgan fingerprint density at radius 3 is 3.00 bits per heavy atom. The molecule has 0 bridgehead atoms. The predicted molar refractivity (Wildman–Crippen MR) is 52.7 cm³/mol. The summed E-state index contributed by atoms with van der Waals surface area (Å²) >= 11 is 0. The molecule has 84 valence electrons. The summed E-state index contributed by atoms with van der Waals surface area (Å²) in [6, 6.07) is 0. The van der Waals surface area contributed by atoms with Crippen LogP contribution in [0.4, 0.5) is 0 Å². The van der Waals surface area contributed by atoms with Crippen molar-refractivity contribution in [3.05, 3.63) is 24.0 Å². The highest BCUT2D eigenvalue weighted by atomic mass is 16.5. The average Bonchev–Trinajstić information content (AvgIpc) is 2.86. The first-order chi connectivity index (χ1) is 7.74. The molecule has 0 unspecified atom stereocenters. The molecular formula is C10H10N2O4. The quantitative estimate of drug-likeness (QED) is 0.737. The molecule has 0 aliphatic heterocycles. The van der Waals surface area contributed by atoms with Crippen LogP contribution in [0.5, 0.6) is 0 Å². The largest absolute Gasteiger partial charge is 0.462 e. The topological polar surface area (TPSA) is 78.4 Å². The van der Waals surface area contributed by atoms with Crippen LogP contribution < -0.4 is 0 Å². The van der Waals surface area contributed by atoms with E-state index in [0.717, 1.165) is 0 Å². The van der Waals surface area contributed by atoms with Crippen molar-refractivity contribution in [3.63, 3.8) is 0 Å². The molecule has 0 saturated heterocycles. The fourth-order valence-electron chi connectivity index (χ4n) is 1.32. The van der Waals surface area contributed by atoms with Gasteiger partial charge in [-0.3, -0.25) is 0 Å². The maximum Gasteiger partial charge on any atom is 0.344 e. The molecule has 0 aliphatic carbocycles. The first-order valence-electron chi connectivity index (χ1n) is 4.76. The Bertz CT molecular complexity index is 487. The van der Waals surface area contributed by atoms with Crippen molar-refractivity contribution >= 4 is 5.97 Å². The summed E-state index contributed by atoms with van der Waals surface area (Å²) in [7, 11) is 0. The van der Waals surface area contributed by atoms with Gasteiger partial charge in [-0.2, -0.15) is 0 Å². The summed E-state index contributed by atoms with van der Waals surface area (Å²) < 4.78 is 14.7. The molecule has 2 aromatic heterocycles. The number of hydrogen-bond donors (Lipinski definition) is 0. The third kappa shape index (κ3) is 1.69. The number of nitrogens with zero attached hydrogens (tertiary/aromatic N) is 2. The van der Waals surface area contributed by atoms with Crippen LogP contribution in [0.3, 0.4) is 0 Å². The molecule has 6 heteroatoms. The third-order valence-electron chi connectivity index (χ3n) is 2.02. The number of oxazole rings is 1. The summed E-state index contributed by atoms with van der Waals surface area (Å²) in [5.41, 5.74) is 1.07. The second-order valence-electron chi connectivity index (χ2n) is 3.06. The van der Waals surface area contributed by atoms with Crippen molar-refractivity contribution in [2.45, 2.75) is 13.8 Å². The van der Waals surface area contributed by atoms with Gasteiger partial charge in [-0.15, -0.1) is 0 Å². The Morgan fingerprint density at radius 1 is 1.56 bits per heavy atom. The van der Waals surface area contributed by atoms with Crippen molar-refractivity contribution in [3.8, 4) is 11.4 Å². The fraction of sp³-hybridized carbons (Fsp3) is 0.300. The minimum atomic E-state index is -0.473. The number of aryl methyl sites for hydroxylation is 1. The minimum absolute atomic E-state index is 0.288. The van der Waals surface area contributed by atoms with E-state index in [1.54, 1.807) is 13.8 Å². The van der Waals surface area contributed by atoms with Crippen LogP contribution in [-0.4, -0.2) is 22.7 Å². The second kappa shape index (κ2) is 4.18. The minimum Gasteiger partial charge on any atom is -0.462 e. The van der Waals surface area contributed by atoms with Crippen LogP contribution in [-0.2, 0) is 4.74 Å². The summed E-state index contributed by atoms with van der Waals surface area (Å²) in [6.45, 7) is 3.67. The van der Waals surface area contributed by atoms with Crippen LogP contribution in [0.25, 0.3) is 11.4 Å². The number of carbonyl (C=O) groups excluding carboxylic acids is 1. The number of esters is 1. The molecule has 16 heavy (non-hydrogen) atoms. The van der Waals surface area contributed by atoms with Crippen molar-refractivity contribution in [1.29, 1.82) is 0 Å². The number of hydrogen-bond acceptors (Lipinski definition) is 6. The number of ether oxygens (including phenoxy) is 1. The monoisotopic (exact) mass is 222 g/mol.